The van der Waals surface area contributed by atoms with Crippen LogP contribution in [0.25, 0.3) is 44.3 Å². The van der Waals surface area contributed by atoms with Gasteiger partial charge < -0.3 is 39.1 Å². The van der Waals surface area contributed by atoms with Crippen molar-refractivity contribution in [1.29, 1.82) is 0 Å². The Balaban J connectivity index is 0.000000226. The molecule has 0 unspecified atom stereocenters. The molecule has 6 aromatic carbocycles. The third-order valence-corrected chi connectivity index (χ3v) is 18.0. The number of hydrogen-bond acceptors (Lipinski definition) is 10. The van der Waals surface area contributed by atoms with E-state index in [-0.39, 0.29) is 37.5 Å². The maximum atomic E-state index is 13.7. The minimum atomic E-state index is -2.18. The molecule has 4 heterocycles. The maximum absolute atomic E-state index is 13.7. The second-order valence-corrected chi connectivity index (χ2v) is 27.7. The lowest BCUT2D eigenvalue weighted by atomic mass is 9.99. The van der Waals surface area contributed by atoms with E-state index in [1.54, 1.807) is 43.5 Å². The number of carbonyl (C=O) groups is 4. The predicted octanol–water partition coefficient (Wildman–Crippen LogP) is 15.2. The normalized spacial score (nSPS) is 12.9. The molecule has 10 rings (SSSR count). The van der Waals surface area contributed by atoms with Gasteiger partial charge in [0.15, 0.2) is 0 Å². The number of ether oxygens (including phenoxy) is 4. The van der Waals surface area contributed by atoms with Crippen molar-refractivity contribution in [1.82, 2.24) is 19.8 Å². The first-order valence-corrected chi connectivity index (χ1v) is 28.6. The molecule has 2 aromatic heterocycles. The third-order valence-electron chi connectivity index (χ3n) is 13.7. The molecule has 79 heavy (non-hydrogen) atoms. The predicted molar refractivity (Wildman–Crippen MR) is 315 cm³/mol. The van der Waals surface area contributed by atoms with Gasteiger partial charge in [0.2, 0.25) is 8.32 Å². The van der Waals surface area contributed by atoms with E-state index in [9.17, 15) is 24.3 Å². The van der Waals surface area contributed by atoms with Gasteiger partial charge in [-0.25, -0.2) is 18.7 Å². The Kier molecular flexibility index (Phi) is 16.7. The van der Waals surface area contributed by atoms with Crippen molar-refractivity contribution in [2.24, 2.45) is 0 Å². The summed E-state index contributed by atoms with van der Waals surface area (Å²) >= 11 is 0. The molecule has 14 nitrogen and oxygen atoms in total. The summed E-state index contributed by atoms with van der Waals surface area (Å²) in [4.78, 5) is 52.8. The van der Waals surface area contributed by atoms with Crippen LogP contribution in [0, 0.1) is 0 Å². The van der Waals surface area contributed by atoms with Crippen LogP contribution < -0.4 is 24.5 Å². The van der Waals surface area contributed by atoms with E-state index in [1.807, 2.05) is 130 Å². The Morgan fingerprint density at radius 1 is 0.544 bits per heavy atom. The zero-order chi connectivity index (χ0) is 55.2. The van der Waals surface area contributed by atoms with Crippen molar-refractivity contribution < 1.29 is 47.7 Å². The molecule has 2 aliphatic heterocycles. The lowest BCUT2D eigenvalue weighted by molar-refractivity contribution is 0.0535. The first kappa shape index (κ1) is 58.4. The smallest absolute Gasteiger partial charge is 0.419 e. The molecule has 0 saturated carbocycles. The molecular weight excluding hydrogens is 1010 g/mol. The SMILES string of the molecule is C.C.CC(C)(C)OC(=O)n1c(-c2cc(O)cc3c2C(=O)NC3)cc2cc(OCc3ccccc3)ccc21.CC(C)(C)OC(=O)n1c(-c2cc(O[Si](C)(C)C(C)(C)C)cc3c2C(=O)NC3)cc2cc(OCc3ccccc3)ccc21. The molecule has 0 fully saturated rings. The molecule has 3 N–H and O–H groups in total. The average Bonchev–Trinajstić information content (AvgIpc) is 4.18. The molecule has 0 bridgehead atoms. The number of phenolic OH excluding ortho intramolecular Hbond substituents is 1. The molecule has 0 radical (unpaired) electrons. The van der Waals surface area contributed by atoms with Crippen molar-refractivity contribution in [3.63, 3.8) is 0 Å². The molecule has 0 spiro atoms. The van der Waals surface area contributed by atoms with Gasteiger partial charge in [-0.15, -0.1) is 0 Å². The second kappa shape index (κ2) is 22.6. The number of hydrogen-bond donors (Lipinski definition) is 3. The Bertz CT molecular complexity index is 3580. The number of benzene rings is 6. The Morgan fingerprint density at radius 3 is 1.38 bits per heavy atom. The fraction of sp³-hybridized carbons (Fsp3) is 0.312. The number of phenols is 1. The number of fused-ring (bicyclic) bond motifs is 4. The minimum absolute atomic E-state index is 0. The van der Waals surface area contributed by atoms with Crippen LogP contribution in [0.15, 0.2) is 133 Å². The monoisotopic (exact) mass is 1090 g/mol. The fourth-order valence-electron chi connectivity index (χ4n) is 9.07. The maximum Gasteiger partial charge on any atom is 0.419 e. The highest BCUT2D eigenvalue weighted by atomic mass is 28.4. The van der Waals surface area contributed by atoms with E-state index in [2.05, 4.69) is 44.5 Å². The number of aromatic nitrogens is 2. The van der Waals surface area contributed by atoms with Gasteiger partial charge in [-0.1, -0.05) is 96.3 Å². The molecule has 0 saturated heterocycles. The van der Waals surface area contributed by atoms with E-state index < -0.39 is 31.7 Å². The van der Waals surface area contributed by atoms with Gasteiger partial charge in [0, 0.05) is 35.0 Å². The van der Waals surface area contributed by atoms with Gasteiger partial charge in [-0.3, -0.25) is 9.59 Å². The highest BCUT2D eigenvalue weighted by Crippen LogP contribution is 2.43. The summed E-state index contributed by atoms with van der Waals surface area (Å²) in [5.74, 6) is 1.61. The topological polar surface area (TPSA) is 169 Å². The van der Waals surface area contributed by atoms with Crippen molar-refractivity contribution in [2.45, 2.75) is 133 Å². The molecule has 414 valence electrons. The zero-order valence-electron chi connectivity index (χ0n) is 45.5. The Labute approximate surface area is 464 Å². The van der Waals surface area contributed by atoms with E-state index >= 15 is 0 Å². The molecule has 0 atom stereocenters. The lowest BCUT2D eigenvalue weighted by Crippen LogP contribution is -2.43. The van der Waals surface area contributed by atoms with Gasteiger partial charge in [0.25, 0.3) is 11.8 Å². The van der Waals surface area contributed by atoms with E-state index in [0.717, 1.165) is 27.5 Å². The van der Waals surface area contributed by atoms with E-state index in [0.29, 0.717) is 93.8 Å². The lowest BCUT2D eigenvalue weighted by Gasteiger charge is -2.36. The minimum Gasteiger partial charge on any atom is -0.543 e. The van der Waals surface area contributed by atoms with Crippen molar-refractivity contribution in [2.75, 3.05) is 0 Å². The zero-order valence-corrected chi connectivity index (χ0v) is 46.5. The van der Waals surface area contributed by atoms with Gasteiger partial charge >= 0.3 is 12.2 Å². The fourth-order valence-corrected chi connectivity index (χ4v) is 10.1. The number of carbonyl (C=O) groups excluding carboxylic acids is 4. The summed E-state index contributed by atoms with van der Waals surface area (Å²) in [5.41, 5.74) is 6.56. The summed E-state index contributed by atoms with van der Waals surface area (Å²) < 4.78 is 33.3. The van der Waals surface area contributed by atoms with Gasteiger partial charge in [0.05, 0.1) is 33.5 Å². The molecule has 2 amide bonds. The molecule has 0 aliphatic carbocycles. The summed E-state index contributed by atoms with van der Waals surface area (Å²) in [6, 6.07) is 41.5. The number of rotatable bonds is 10. The van der Waals surface area contributed by atoms with Crippen molar-refractivity contribution >= 4 is 54.1 Å². The number of amides is 2. The molecule has 15 heteroatoms. The van der Waals surface area contributed by atoms with Crippen molar-refractivity contribution in [3.05, 3.63) is 167 Å². The molecular formula is C64H74N4O10Si. The summed E-state index contributed by atoms with van der Waals surface area (Å²) in [5, 5.41) is 17.6. The first-order chi connectivity index (χ1) is 36.3. The van der Waals surface area contributed by atoms with Crippen LogP contribution in [0.1, 0.15) is 120 Å². The van der Waals surface area contributed by atoms with Crippen LogP contribution in [0.4, 0.5) is 9.59 Å². The Hall–Kier alpha value is -8.30. The van der Waals surface area contributed by atoms with E-state index in [1.165, 1.54) is 10.6 Å². The van der Waals surface area contributed by atoms with Crippen LogP contribution in [-0.2, 0) is 35.8 Å². The van der Waals surface area contributed by atoms with E-state index in [4.69, 9.17) is 23.4 Å². The third kappa shape index (κ3) is 12.8. The van der Waals surface area contributed by atoms with Crippen molar-refractivity contribution in [3.8, 4) is 45.5 Å². The quantitative estimate of drug-likeness (QED) is 0.112. The Morgan fingerprint density at radius 2 is 0.962 bits per heavy atom. The highest BCUT2D eigenvalue weighted by molar-refractivity contribution is 6.74. The van der Waals surface area contributed by atoms with Gasteiger partial charge in [0.1, 0.15) is 47.4 Å². The van der Waals surface area contributed by atoms with Crippen LogP contribution in [-0.4, -0.2) is 57.8 Å². The molecule has 2 aliphatic rings. The summed E-state index contributed by atoms with van der Waals surface area (Å²) in [6.45, 7) is 23.4. The van der Waals surface area contributed by atoms with Crippen LogP contribution in [0.2, 0.25) is 18.1 Å². The molecule has 8 aromatic rings. The highest BCUT2D eigenvalue weighted by Gasteiger charge is 2.40. The number of aromatic hydroxyl groups is 1. The summed E-state index contributed by atoms with van der Waals surface area (Å²) in [6.07, 6.45) is -1.09. The van der Waals surface area contributed by atoms with Gasteiger partial charge in [-0.2, -0.15) is 0 Å². The van der Waals surface area contributed by atoms with Crippen LogP contribution in [0.3, 0.4) is 0 Å². The van der Waals surface area contributed by atoms with Crippen LogP contribution >= 0.6 is 0 Å². The summed E-state index contributed by atoms with van der Waals surface area (Å²) in [7, 11) is -2.18. The largest absolute Gasteiger partial charge is 0.543 e. The first-order valence-electron chi connectivity index (χ1n) is 25.7. The number of nitrogens with zero attached hydrogens (tertiary/aromatic N) is 2. The average molecular weight is 1090 g/mol. The van der Waals surface area contributed by atoms with Gasteiger partial charge in [-0.05, 0) is 155 Å². The second-order valence-electron chi connectivity index (χ2n) is 22.9. The standard InChI is InChI=1S/C34H40N2O5Si.C28H26N2O5.2CH4/c1-33(2,3)40-32(38)36-28-15-14-25(39-21-22-12-10-9-11-13-22)16-23(28)18-29(36)27-19-26(41-42(7,8)34(4,5)6)17-24-20-35-31(37)30(24)27;1-28(2,3)35-27(33)30-23-10-9-21(34-16-17-7-5-4-6-8-17)12-18(23)13-24(30)22-14-20(31)11-19-15-29-26(32)25(19)22;;/h9-19H,20-21H2,1-8H3,(H,35,37);4-14,31H,15-16H2,1-3H3,(H,29,32);2*1H4. The number of nitrogens with one attached hydrogen (secondary N) is 2. The van der Waals surface area contributed by atoms with Crippen LogP contribution in [0.5, 0.6) is 23.0 Å².